The summed E-state index contributed by atoms with van der Waals surface area (Å²) < 4.78 is 0. The van der Waals surface area contributed by atoms with Crippen molar-refractivity contribution in [3.05, 3.63) is 0 Å². The predicted octanol–water partition coefficient (Wildman–Crippen LogP) is 2.86. The number of rotatable bonds is 8. The van der Waals surface area contributed by atoms with Crippen LogP contribution in [0.5, 0.6) is 0 Å². The molecule has 0 aromatic carbocycles. The van der Waals surface area contributed by atoms with E-state index in [1.807, 2.05) is 0 Å². The highest BCUT2D eigenvalue weighted by molar-refractivity contribution is 8.69. The van der Waals surface area contributed by atoms with Gasteiger partial charge < -0.3 is 0 Å². The molecule has 0 aromatic heterocycles. The largest absolute Gasteiger partial charge is 0.238 e. The first-order valence-electron chi connectivity index (χ1n) is 4.75. The van der Waals surface area contributed by atoms with Crippen LogP contribution >= 0.6 is 22.5 Å². The number of aliphatic imine (C=N–C) groups is 2. The molecule has 0 atom stereocenters. The third-order valence-corrected chi connectivity index (χ3v) is 3.50. The zero-order valence-corrected chi connectivity index (χ0v) is 10.3. The van der Waals surface area contributed by atoms with Crippen LogP contribution in [0.2, 0.25) is 0 Å². The van der Waals surface area contributed by atoms with Gasteiger partial charge in [-0.05, 0) is 17.2 Å². The molecule has 0 saturated heterocycles. The number of hydrogen-bond acceptors (Lipinski definition) is 6. The summed E-state index contributed by atoms with van der Waals surface area (Å²) >= 11 is 3.97. The maximum absolute atomic E-state index is 10.2. The van der Waals surface area contributed by atoms with Gasteiger partial charge in [-0.2, -0.15) is 9.98 Å². The molecule has 0 saturated carbocycles. The summed E-state index contributed by atoms with van der Waals surface area (Å²) in [6.45, 7) is 2.10. The Morgan fingerprint density at radius 1 is 1.20 bits per heavy atom. The van der Waals surface area contributed by atoms with Crippen molar-refractivity contribution in [3.63, 3.8) is 0 Å². The van der Waals surface area contributed by atoms with Crippen LogP contribution in [0.3, 0.4) is 0 Å². The summed E-state index contributed by atoms with van der Waals surface area (Å²) in [7, 11) is 0.961. The zero-order valence-electron chi connectivity index (χ0n) is 8.60. The molecule has 6 heteroatoms. The van der Waals surface area contributed by atoms with E-state index >= 15 is 0 Å². The number of carbonyl (C=O) groups excluding carboxylic acids is 2. The normalized spacial score (nSPS) is 13.5. The fourth-order valence-corrected chi connectivity index (χ4v) is 2.06. The SMILES string of the molecule is CCCCCCC(N=C=O)(N=C=O)SS. The van der Waals surface area contributed by atoms with Crippen molar-refractivity contribution < 1.29 is 9.59 Å². The Morgan fingerprint density at radius 3 is 2.20 bits per heavy atom. The molecular weight excluding hydrogens is 232 g/mol. The lowest BCUT2D eigenvalue weighted by Crippen LogP contribution is -2.16. The summed E-state index contributed by atoms with van der Waals surface area (Å²) in [4.78, 5) is 26.3. The van der Waals surface area contributed by atoms with E-state index in [-0.39, 0.29) is 0 Å². The minimum atomic E-state index is -1.12. The Kier molecular flexibility index (Phi) is 8.43. The molecule has 15 heavy (non-hydrogen) atoms. The number of thiol groups is 1. The van der Waals surface area contributed by atoms with Crippen LogP contribution < -0.4 is 0 Å². The molecule has 0 rings (SSSR count). The van der Waals surface area contributed by atoms with Crippen molar-refractivity contribution in [2.75, 3.05) is 0 Å². The molecule has 0 aliphatic carbocycles. The Balaban J connectivity index is 4.35. The molecule has 0 heterocycles. The van der Waals surface area contributed by atoms with Crippen molar-refractivity contribution in [1.29, 1.82) is 0 Å². The average Bonchev–Trinajstić information content (AvgIpc) is 2.25. The first kappa shape index (κ1) is 14.5. The van der Waals surface area contributed by atoms with Gasteiger partial charge in [0.15, 0.2) is 0 Å². The third kappa shape index (κ3) is 5.80. The van der Waals surface area contributed by atoms with E-state index in [2.05, 4.69) is 28.6 Å². The first-order chi connectivity index (χ1) is 7.24. The van der Waals surface area contributed by atoms with E-state index in [1.54, 1.807) is 0 Å². The first-order valence-corrected chi connectivity index (χ1v) is 6.62. The van der Waals surface area contributed by atoms with Crippen molar-refractivity contribution in [2.24, 2.45) is 9.98 Å². The van der Waals surface area contributed by atoms with Gasteiger partial charge in [-0.25, -0.2) is 9.59 Å². The monoisotopic (exact) mass is 246 g/mol. The summed E-state index contributed by atoms with van der Waals surface area (Å²) in [5.41, 5.74) is 0. The molecule has 0 aliphatic rings. The quantitative estimate of drug-likeness (QED) is 0.235. The van der Waals surface area contributed by atoms with Crippen molar-refractivity contribution in [2.45, 2.75) is 44.0 Å². The Hall–Kier alpha value is -0.540. The maximum Gasteiger partial charge on any atom is 0.238 e. The molecule has 0 fully saturated rings. The van der Waals surface area contributed by atoms with Crippen molar-refractivity contribution in [1.82, 2.24) is 0 Å². The average molecular weight is 246 g/mol. The smallest absolute Gasteiger partial charge is 0.211 e. The van der Waals surface area contributed by atoms with Gasteiger partial charge in [0.05, 0.1) is 0 Å². The zero-order chi connectivity index (χ0) is 11.6. The van der Waals surface area contributed by atoms with Gasteiger partial charge in [-0.3, -0.25) is 0 Å². The molecule has 0 N–H and O–H groups in total. The minimum absolute atomic E-state index is 0.506. The predicted molar refractivity (Wildman–Crippen MR) is 64.3 cm³/mol. The standard InChI is InChI=1S/C9H14N2O2S2/c1-2-3-4-5-6-9(15-14,10-7-12)11-8-13/h14H,2-6H2,1H3. The molecule has 0 radical (unpaired) electrons. The lowest BCUT2D eigenvalue weighted by Gasteiger charge is -2.17. The molecule has 0 unspecified atom stereocenters. The van der Waals surface area contributed by atoms with E-state index < -0.39 is 4.99 Å². The number of hydrogen-bond donors (Lipinski definition) is 1. The van der Waals surface area contributed by atoms with Crippen LogP contribution in [0.4, 0.5) is 0 Å². The molecule has 0 bridgehead atoms. The summed E-state index contributed by atoms with van der Waals surface area (Å²) in [5.74, 6) is 0. The lowest BCUT2D eigenvalue weighted by atomic mass is 10.1. The summed E-state index contributed by atoms with van der Waals surface area (Å²) in [5, 5.41) is 0. The number of isocyanates is 2. The van der Waals surface area contributed by atoms with Crippen molar-refractivity contribution >= 4 is 34.6 Å². The van der Waals surface area contributed by atoms with E-state index in [0.717, 1.165) is 36.5 Å². The van der Waals surface area contributed by atoms with Crippen LogP contribution in [0, 0.1) is 0 Å². The molecular formula is C9H14N2O2S2. The maximum atomic E-state index is 10.2. The Morgan fingerprint density at radius 2 is 1.80 bits per heavy atom. The molecule has 0 amide bonds. The van der Waals surface area contributed by atoms with Gasteiger partial charge in [0.25, 0.3) is 0 Å². The van der Waals surface area contributed by atoms with Crippen LogP contribution in [0.15, 0.2) is 9.98 Å². The van der Waals surface area contributed by atoms with E-state index in [9.17, 15) is 9.59 Å². The van der Waals surface area contributed by atoms with Gasteiger partial charge in [0.1, 0.15) is 0 Å². The van der Waals surface area contributed by atoms with Crippen molar-refractivity contribution in [3.8, 4) is 0 Å². The number of nitrogens with zero attached hydrogens (tertiary/aromatic N) is 2. The van der Waals surface area contributed by atoms with Crippen LogP contribution in [-0.4, -0.2) is 17.2 Å². The van der Waals surface area contributed by atoms with Gasteiger partial charge in [-0.15, -0.1) is 11.7 Å². The van der Waals surface area contributed by atoms with E-state index in [4.69, 9.17) is 0 Å². The summed E-state index contributed by atoms with van der Waals surface area (Å²) in [6.07, 6.45) is 7.44. The topological polar surface area (TPSA) is 58.9 Å². The van der Waals surface area contributed by atoms with Crippen LogP contribution in [-0.2, 0) is 9.59 Å². The minimum Gasteiger partial charge on any atom is -0.211 e. The van der Waals surface area contributed by atoms with E-state index in [1.165, 1.54) is 12.2 Å². The second-order valence-corrected chi connectivity index (χ2v) is 4.44. The highest BCUT2D eigenvalue weighted by atomic mass is 33.1. The van der Waals surface area contributed by atoms with E-state index in [0.29, 0.717) is 6.42 Å². The highest BCUT2D eigenvalue weighted by Gasteiger charge is 2.28. The van der Waals surface area contributed by atoms with Gasteiger partial charge in [0, 0.05) is 6.42 Å². The molecule has 4 nitrogen and oxygen atoms in total. The fourth-order valence-electron chi connectivity index (χ4n) is 1.15. The van der Waals surface area contributed by atoms with Crippen LogP contribution in [0.25, 0.3) is 0 Å². The van der Waals surface area contributed by atoms with Crippen LogP contribution in [0.1, 0.15) is 39.0 Å². The van der Waals surface area contributed by atoms with Gasteiger partial charge in [-0.1, -0.05) is 26.2 Å². The molecule has 0 spiro atoms. The fraction of sp³-hybridized carbons (Fsp3) is 0.778. The van der Waals surface area contributed by atoms with Gasteiger partial charge in [0.2, 0.25) is 17.2 Å². The molecule has 84 valence electrons. The van der Waals surface area contributed by atoms with Gasteiger partial charge >= 0.3 is 0 Å². The lowest BCUT2D eigenvalue weighted by molar-refractivity contribution is 0.506. The summed E-state index contributed by atoms with van der Waals surface area (Å²) in [6, 6.07) is 0. The molecule has 0 aromatic rings. The second-order valence-electron chi connectivity index (χ2n) is 3.05. The Bertz CT molecular complexity index is 253. The molecule has 0 aliphatic heterocycles. The third-order valence-electron chi connectivity index (χ3n) is 1.94. The second kappa shape index (κ2) is 8.74. The Labute approximate surface area is 98.5 Å². The highest BCUT2D eigenvalue weighted by Crippen LogP contribution is 2.36. The number of unbranched alkanes of at least 4 members (excludes halogenated alkanes) is 3.